The van der Waals surface area contributed by atoms with Crippen LogP contribution in [0, 0.1) is 0 Å². The zero-order chi connectivity index (χ0) is 21.4. The molecule has 0 aliphatic heterocycles. The predicted octanol–water partition coefficient (Wildman–Crippen LogP) is 4.86. The number of carboxylic acid groups (broad SMARTS) is 1. The summed E-state index contributed by atoms with van der Waals surface area (Å²) in [4.78, 5) is 11.4. The number of hydrogen-bond donors (Lipinski definition) is 3. The molecule has 0 bridgehead atoms. The monoisotopic (exact) mass is 432 g/mol. The molecule has 2 aliphatic carbocycles. The third-order valence-corrected chi connectivity index (χ3v) is 7.29. The highest BCUT2D eigenvalue weighted by Crippen LogP contribution is 2.25. The smallest absolute Gasteiger partial charge is 0.335 e. The fourth-order valence-electron chi connectivity index (χ4n) is 4.07. The predicted molar refractivity (Wildman–Crippen MR) is 119 cm³/mol. The van der Waals surface area contributed by atoms with Gasteiger partial charge in [0.2, 0.25) is 10.0 Å². The second kappa shape index (κ2) is 10.8. The number of aromatic carboxylic acids is 1. The lowest BCUT2D eigenvalue weighted by molar-refractivity contribution is 0.0696. The van der Waals surface area contributed by atoms with Crippen LogP contribution in [0.15, 0.2) is 46.4 Å². The van der Waals surface area contributed by atoms with E-state index in [0.717, 1.165) is 38.5 Å². The minimum absolute atomic E-state index is 0.00218. The normalized spacial score (nSPS) is 17.2. The molecule has 0 amide bonds. The van der Waals surface area contributed by atoms with Crippen molar-refractivity contribution in [1.29, 1.82) is 0 Å². The molecule has 0 aromatic heterocycles. The molecule has 164 valence electrons. The van der Waals surface area contributed by atoms with Crippen LogP contribution in [0.1, 0.15) is 74.6 Å². The van der Waals surface area contributed by atoms with Crippen molar-refractivity contribution in [2.75, 3.05) is 18.4 Å². The molecule has 7 heteroatoms. The quantitative estimate of drug-likeness (QED) is 0.459. The number of allylic oxidation sites excluding steroid dienone is 2. The molecule has 30 heavy (non-hydrogen) atoms. The number of nitrogens with one attached hydrogen (secondary N) is 2. The SMILES string of the molecule is O=C(O)c1ccc(NCCC2=CCCCC2)c(S(=O)(=O)NCCC2=CCCCC2)c1. The number of carboxylic acids is 1. The van der Waals surface area contributed by atoms with Crippen molar-refractivity contribution in [2.45, 2.75) is 69.1 Å². The summed E-state index contributed by atoms with van der Waals surface area (Å²) in [6.07, 6.45) is 15.1. The Balaban J connectivity index is 1.69. The van der Waals surface area contributed by atoms with Gasteiger partial charge in [0.25, 0.3) is 0 Å². The third-order valence-electron chi connectivity index (χ3n) is 5.79. The van der Waals surface area contributed by atoms with Gasteiger partial charge in [0, 0.05) is 13.1 Å². The Morgan fingerprint density at radius 3 is 2.13 bits per heavy atom. The average molecular weight is 433 g/mol. The molecule has 0 saturated heterocycles. The van der Waals surface area contributed by atoms with Gasteiger partial charge >= 0.3 is 5.97 Å². The van der Waals surface area contributed by atoms with Gasteiger partial charge in [0.15, 0.2) is 0 Å². The number of sulfonamides is 1. The standard InChI is InChI=1S/C23H32N2O4S/c26-23(27)20-11-12-21(24-15-13-18-7-3-1-4-8-18)22(17-20)30(28,29)25-16-14-19-9-5-2-6-10-19/h7,9,11-12,17,24-25H,1-6,8,10,13-16H2,(H,26,27). The van der Waals surface area contributed by atoms with Gasteiger partial charge in [-0.3, -0.25) is 0 Å². The zero-order valence-corrected chi connectivity index (χ0v) is 18.3. The van der Waals surface area contributed by atoms with Crippen LogP contribution in [0.5, 0.6) is 0 Å². The van der Waals surface area contributed by atoms with E-state index in [9.17, 15) is 18.3 Å². The Labute approximate surface area is 179 Å². The lowest BCUT2D eigenvalue weighted by atomic mass is 9.97. The Hall–Kier alpha value is -2.12. The molecule has 2 aliphatic rings. The van der Waals surface area contributed by atoms with E-state index in [-0.39, 0.29) is 10.5 Å². The largest absolute Gasteiger partial charge is 0.478 e. The second-order valence-corrected chi connectivity index (χ2v) is 9.79. The first kappa shape index (κ1) is 22.6. The summed E-state index contributed by atoms with van der Waals surface area (Å²) in [5.74, 6) is -1.14. The van der Waals surface area contributed by atoms with Crippen molar-refractivity contribution in [2.24, 2.45) is 0 Å². The summed E-state index contributed by atoms with van der Waals surface area (Å²) in [7, 11) is -3.82. The molecule has 1 aromatic rings. The van der Waals surface area contributed by atoms with Crippen LogP contribution >= 0.6 is 0 Å². The van der Waals surface area contributed by atoms with E-state index >= 15 is 0 Å². The van der Waals surface area contributed by atoms with E-state index < -0.39 is 16.0 Å². The molecule has 0 atom stereocenters. The molecule has 1 aromatic carbocycles. The molecule has 0 unspecified atom stereocenters. The maximum Gasteiger partial charge on any atom is 0.335 e. The molecule has 3 N–H and O–H groups in total. The Kier molecular flexibility index (Phi) is 8.10. The fourth-order valence-corrected chi connectivity index (χ4v) is 5.31. The molecular weight excluding hydrogens is 400 g/mol. The van der Waals surface area contributed by atoms with Crippen LogP contribution in [0.3, 0.4) is 0 Å². The highest BCUT2D eigenvalue weighted by Gasteiger charge is 2.21. The van der Waals surface area contributed by atoms with Gasteiger partial charge in [-0.2, -0.15) is 0 Å². The summed E-state index contributed by atoms with van der Waals surface area (Å²) < 4.78 is 28.6. The molecule has 0 spiro atoms. The Morgan fingerprint density at radius 1 is 0.933 bits per heavy atom. The zero-order valence-electron chi connectivity index (χ0n) is 17.5. The van der Waals surface area contributed by atoms with E-state index in [1.807, 2.05) is 0 Å². The van der Waals surface area contributed by atoms with Crippen LogP contribution in [0.25, 0.3) is 0 Å². The van der Waals surface area contributed by atoms with Gasteiger partial charge < -0.3 is 10.4 Å². The average Bonchev–Trinajstić information content (AvgIpc) is 2.75. The summed E-state index contributed by atoms with van der Waals surface area (Å²) in [5.41, 5.74) is 3.10. The highest BCUT2D eigenvalue weighted by atomic mass is 32.2. The minimum Gasteiger partial charge on any atom is -0.478 e. The second-order valence-electron chi connectivity index (χ2n) is 8.06. The van der Waals surface area contributed by atoms with Gasteiger partial charge in [0.1, 0.15) is 4.90 Å². The maximum atomic E-state index is 13.0. The van der Waals surface area contributed by atoms with Gasteiger partial charge in [-0.25, -0.2) is 17.9 Å². The first-order valence-corrected chi connectivity index (χ1v) is 12.4. The van der Waals surface area contributed by atoms with Gasteiger partial charge in [-0.15, -0.1) is 0 Å². The molecule has 3 rings (SSSR count). The number of rotatable bonds is 10. The van der Waals surface area contributed by atoms with Gasteiger partial charge in [-0.05, 0) is 82.4 Å². The molecule has 0 radical (unpaired) electrons. The lowest BCUT2D eigenvalue weighted by Crippen LogP contribution is -2.26. The van der Waals surface area contributed by atoms with E-state index in [1.54, 1.807) is 6.07 Å². The van der Waals surface area contributed by atoms with E-state index in [1.165, 1.54) is 42.5 Å². The lowest BCUT2D eigenvalue weighted by Gasteiger charge is -2.17. The first-order valence-electron chi connectivity index (χ1n) is 10.9. The fraction of sp³-hybridized carbons (Fsp3) is 0.522. The molecule has 6 nitrogen and oxygen atoms in total. The van der Waals surface area contributed by atoms with Crippen molar-refractivity contribution in [3.8, 4) is 0 Å². The highest BCUT2D eigenvalue weighted by molar-refractivity contribution is 7.89. The van der Waals surface area contributed by atoms with Crippen LogP contribution < -0.4 is 10.0 Å². The molecule has 0 fully saturated rings. The van der Waals surface area contributed by atoms with Crippen LogP contribution in [-0.2, 0) is 10.0 Å². The summed E-state index contributed by atoms with van der Waals surface area (Å²) in [6, 6.07) is 4.24. The number of benzene rings is 1. The summed E-state index contributed by atoms with van der Waals surface area (Å²) in [5, 5.41) is 12.5. The Morgan fingerprint density at radius 2 is 1.57 bits per heavy atom. The van der Waals surface area contributed by atoms with Crippen LogP contribution in [-0.4, -0.2) is 32.6 Å². The molecular formula is C23H32N2O4S. The number of hydrogen-bond acceptors (Lipinski definition) is 4. The van der Waals surface area contributed by atoms with Crippen molar-refractivity contribution in [3.05, 3.63) is 47.1 Å². The van der Waals surface area contributed by atoms with Crippen molar-refractivity contribution in [1.82, 2.24) is 4.72 Å². The number of carbonyl (C=O) groups is 1. The summed E-state index contributed by atoms with van der Waals surface area (Å²) in [6.45, 7) is 0.936. The van der Waals surface area contributed by atoms with Crippen LogP contribution in [0.4, 0.5) is 5.69 Å². The topological polar surface area (TPSA) is 95.5 Å². The van der Waals surface area contributed by atoms with Gasteiger partial charge in [0.05, 0.1) is 11.3 Å². The first-order chi connectivity index (χ1) is 14.5. The van der Waals surface area contributed by atoms with E-state index in [2.05, 4.69) is 22.2 Å². The number of anilines is 1. The van der Waals surface area contributed by atoms with Crippen molar-refractivity contribution in [3.63, 3.8) is 0 Å². The van der Waals surface area contributed by atoms with Gasteiger partial charge in [-0.1, -0.05) is 23.3 Å². The van der Waals surface area contributed by atoms with Crippen molar-refractivity contribution >= 4 is 21.7 Å². The third kappa shape index (κ3) is 6.44. The Bertz CT molecular complexity index is 919. The van der Waals surface area contributed by atoms with E-state index in [0.29, 0.717) is 25.2 Å². The molecule has 0 heterocycles. The minimum atomic E-state index is -3.82. The maximum absolute atomic E-state index is 13.0. The van der Waals surface area contributed by atoms with Crippen molar-refractivity contribution < 1.29 is 18.3 Å². The molecule has 0 saturated carbocycles. The van der Waals surface area contributed by atoms with E-state index in [4.69, 9.17) is 0 Å². The summed E-state index contributed by atoms with van der Waals surface area (Å²) >= 11 is 0. The van der Waals surface area contributed by atoms with Crippen LogP contribution in [0.2, 0.25) is 0 Å².